The average molecular weight is 453 g/mol. The van der Waals surface area contributed by atoms with E-state index in [4.69, 9.17) is 4.42 Å². The van der Waals surface area contributed by atoms with Crippen molar-refractivity contribution in [3.05, 3.63) is 101 Å². The Morgan fingerprint density at radius 1 is 0.971 bits per heavy atom. The maximum absolute atomic E-state index is 12.8. The molecule has 7 heteroatoms. The molecule has 0 radical (unpaired) electrons. The Balaban J connectivity index is 1.34. The van der Waals surface area contributed by atoms with E-state index in [1.54, 1.807) is 6.07 Å². The number of pyridine rings is 1. The Kier molecular flexibility index (Phi) is 5.91. The summed E-state index contributed by atoms with van der Waals surface area (Å²) in [7, 11) is 0. The van der Waals surface area contributed by atoms with Crippen LogP contribution in [0, 0.1) is 6.92 Å². The third-order valence-corrected chi connectivity index (χ3v) is 5.95. The van der Waals surface area contributed by atoms with Gasteiger partial charge in [-0.05, 0) is 37.5 Å². The normalized spacial score (nSPS) is 14.1. The standard InChI is InChI=1S/C27H24N4O3/c1-17-24-21(30-31-26(32)22-15-14-19-10-5-6-11-20(19)29-22)12-7-13-23(24)34-25(17)27(33)28-16-18-8-3-2-4-9-18/h2-6,8-11,14-15H,7,12-13,16H2,1H3,(H,28,33)(H,31,32)/b30-21+. The van der Waals surface area contributed by atoms with Gasteiger partial charge in [-0.3, -0.25) is 9.59 Å². The van der Waals surface area contributed by atoms with Crippen molar-refractivity contribution in [2.24, 2.45) is 5.10 Å². The number of aromatic nitrogens is 1. The Labute approximate surface area is 196 Å². The summed E-state index contributed by atoms with van der Waals surface area (Å²) in [6.07, 6.45) is 2.24. The first-order chi connectivity index (χ1) is 16.6. The quantitative estimate of drug-likeness (QED) is 0.435. The SMILES string of the molecule is Cc1c(C(=O)NCc2ccccc2)oc2c1/C(=N/NC(=O)c1ccc3ccccc3n1)CCC2. The molecular weight excluding hydrogens is 428 g/mol. The molecule has 7 nitrogen and oxygen atoms in total. The van der Waals surface area contributed by atoms with Crippen LogP contribution in [0.3, 0.4) is 0 Å². The van der Waals surface area contributed by atoms with Gasteiger partial charge in [0.1, 0.15) is 11.5 Å². The van der Waals surface area contributed by atoms with Crippen molar-refractivity contribution < 1.29 is 14.0 Å². The summed E-state index contributed by atoms with van der Waals surface area (Å²) in [5.41, 5.74) is 6.94. The first kappa shape index (κ1) is 21.6. The summed E-state index contributed by atoms with van der Waals surface area (Å²) < 4.78 is 5.94. The highest BCUT2D eigenvalue weighted by Crippen LogP contribution is 2.30. The molecule has 4 aromatic rings. The highest BCUT2D eigenvalue weighted by molar-refractivity contribution is 6.07. The number of hydrazone groups is 1. The van der Waals surface area contributed by atoms with Gasteiger partial charge < -0.3 is 9.73 Å². The van der Waals surface area contributed by atoms with Crippen molar-refractivity contribution in [2.45, 2.75) is 32.7 Å². The zero-order chi connectivity index (χ0) is 23.5. The summed E-state index contributed by atoms with van der Waals surface area (Å²) in [6.45, 7) is 2.27. The number of carbonyl (C=O) groups excluding carboxylic acids is 2. The van der Waals surface area contributed by atoms with Crippen LogP contribution in [-0.4, -0.2) is 22.5 Å². The van der Waals surface area contributed by atoms with Crippen molar-refractivity contribution in [1.29, 1.82) is 0 Å². The molecule has 5 rings (SSSR count). The molecule has 0 fully saturated rings. The number of hydrogen-bond donors (Lipinski definition) is 2. The average Bonchev–Trinajstić information content (AvgIpc) is 3.23. The fraction of sp³-hybridized carbons (Fsp3) is 0.185. The largest absolute Gasteiger partial charge is 0.455 e. The third kappa shape index (κ3) is 4.32. The summed E-state index contributed by atoms with van der Waals surface area (Å²) in [4.78, 5) is 29.9. The molecule has 0 saturated heterocycles. The maximum Gasteiger partial charge on any atom is 0.289 e. The van der Waals surface area contributed by atoms with Gasteiger partial charge in [-0.25, -0.2) is 10.4 Å². The second kappa shape index (κ2) is 9.31. The lowest BCUT2D eigenvalue weighted by atomic mass is 9.93. The molecule has 34 heavy (non-hydrogen) atoms. The second-order valence-electron chi connectivity index (χ2n) is 8.26. The summed E-state index contributed by atoms with van der Waals surface area (Å²) >= 11 is 0. The van der Waals surface area contributed by atoms with Crippen LogP contribution in [0.5, 0.6) is 0 Å². The monoisotopic (exact) mass is 452 g/mol. The lowest BCUT2D eigenvalue weighted by Crippen LogP contribution is -2.24. The fourth-order valence-corrected chi connectivity index (χ4v) is 4.22. The summed E-state index contributed by atoms with van der Waals surface area (Å²) in [5, 5.41) is 8.28. The van der Waals surface area contributed by atoms with E-state index in [0.717, 1.165) is 46.2 Å². The molecule has 1 aliphatic rings. The molecule has 2 aromatic carbocycles. The zero-order valence-electron chi connectivity index (χ0n) is 18.8. The fourth-order valence-electron chi connectivity index (χ4n) is 4.22. The van der Waals surface area contributed by atoms with Crippen molar-refractivity contribution in [1.82, 2.24) is 15.7 Å². The van der Waals surface area contributed by atoms with E-state index in [1.807, 2.05) is 67.6 Å². The van der Waals surface area contributed by atoms with Crippen molar-refractivity contribution in [3.8, 4) is 0 Å². The molecule has 170 valence electrons. The number of hydrogen-bond acceptors (Lipinski definition) is 5. The van der Waals surface area contributed by atoms with Gasteiger partial charge in [-0.15, -0.1) is 0 Å². The molecule has 0 aliphatic heterocycles. The lowest BCUT2D eigenvalue weighted by Gasteiger charge is -2.13. The molecular formula is C27H24N4O3. The van der Waals surface area contributed by atoms with E-state index >= 15 is 0 Å². The maximum atomic E-state index is 12.8. The van der Waals surface area contributed by atoms with Gasteiger partial charge in [-0.2, -0.15) is 5.10 Å². The Morgan fingerprint density at radius 2 is 1.76 bits per heavy atom. The number of furan rings is 1. The predicted molar refractivity (Wildman–Crippen MR) is 130 cm³/mol. The topological polar surface area (TPSA) is 96.6 Å². The van der Waals surface area contributed by atoms with E-state index < -0.39 is 0 Å². The molecule has 0 unspecified atom stereocenters. The molecule has 0 saturated carbocycles. The van der Waals surface area contributed by atoms with Gasteiger partial charge >= 0.3 is 0 Å². The van der Waals surface area contributed by atoms with Crippen LogP contribution < -0.4 is 10.7 Å². The molecule has 0 spiro atoms. The van der Waals surface area contributed by atoms with Gasteiger partial charge in [0.15, 0.2) is 5.76 Å². The summed E-state index contributed by atoms with van der Waals surface area (Å²) in [5.74, 6) is 0.371. The molecule has 2 aromatic heterocycles. The number of para-hydroxylation sites is 1. The number of nitrogens with zero attached hydrogens (tertiary/aromatic N) is 2. The highest BCUT2D eigenvalue weighted by atomic mass is 16.4. The Bertz CT molecular complexity index is 1410. The lowest BCUT2D eigenvalue weighted by molar-refractivity contribution is 0.0918. The van der Waals surface area contributed by atoms with Gasteiger partial charge in [0.25, 0.3) is 11.8 Å². The van der Waals surface area contributed by atoms with E-state index in [-0.39, 0.29) is 17.6 Å². The minimum absolute atomic E-state index is 0.264. The molecule has 2 N–H and O–H groups in total. The number of nitrogens with one attached hydrogen (secondary N) is 2. The van der Waals surface area contributed by atoms with Gasteiger partial charge in [0, 0.05) is 29.5 Å². The number of fused-ring (bicyclic) bond motifs is 2. The number of rotatable bonds is 5. The number of aryl methyl sites for hydroxylation is 1. The van der Waals surface area contributed by atoms with Crippen molar-refractivity contribution in [2.75, 3.05) is 0 Å². The number of amides is 2. The minimum atomic E-state index is -0.382. The van der Waals surface area contributed by atoms with E-state index in [9.17, 15) is 9.59 Å². The second-order valence-corrected chi connectivity index (χ2v) is 8.26. The van der Waals surface area contributed by atoms with Crippen LogP contribution in [0.1, 0.15) is 56.3 Å². The van der Waals surface area contributed by atoms with E-state index in [1.165, 1.54) is 0 Å². The van der Waals surface area contributed by atoms with E-state index in [0.29, 0.717) is 24.4 Å². The number of benzene rings is 2. The number of carbonyl (C=O) groups is 2. The Hall–Kier alpha value is -4.26. The first-order valence-electron chi connectivity index (χ1n) is 11.3. The van der Waals surface area contributed by atoms with Crippen LogP contribution >= 0.6 is 0 Å². The van der Waals surface area contributed by atoms with Gasteiger partial charge in [0.2, 0.25) is 0 Å². The Morgan fingerprint density at radius 3 is 2.62 bits per heavy atom. The van der Waals surface area contributed by atoms with Gasteiger partial charge in [-0.1, -0.05) is 54.6 Å². The smallest absolute Gasteiger partial charge is 0.289 e. The molecule has 0 bridgehead atoms. The minimum Gasteiger partial charge on any atom is -0.455 e. The van der Waals surface area contributed by atoms with Crippen LogP contribution in [0.15, 0.2) is 76.2 Å². The van der Waals surface area contributed by atoms with E-state index in [2.05, 4.69) is 20.8 Å². The first-order valence-corrected chi connectivity index (χ1v) is 11.3. The molecule has 0 atom stereocenters. The predicted octanol–water partition coefficient (Wildman–Crippen LogP) is 4.54. The zero-order valence-corrected chi connectivity index (χ0v) is 18.8. The van der Waals surface area contributed by atoms with Crippen LogP contribution in [0.2, 0.25) is 0 Å². The van der Waals surface area contributed by atoms with Crippen LogP contribution in [0.4, 0.5) is 0 Å². The highest BCUT2D eigenvalue weighted by Gasteiger charge is 2.28. The molecule has 1 aliphatic carbocycles. The van der Waals surface area contributed by atoms with Crippen LogP contribution in [-0.2, 0) is 13.0 Å². The van der Waals surface area contributed by atoms with Crippen molar-refractivity contribution >= 4 is 28.4 Å². The third-order valence-electron chi connectivity index (χ3n) is 5.95. The van der Waals surface area contributed by atoms with Crippen molar-refractivity contribution in [3.63, 3.8) is 0 Å². The van der Waals surface area contributed by atoms with Crippen LogP contribution in [0.25, 0.3) is 10.9 Å². The summed E-state index contributed by atoms with van der Waals surface area (Å²) in [6, 6.07) is 20.9. The molecule has 2 heterocycles. The van der Waals surface area contributed by atoms with Gasteiger partial charge in [0.05, 0.1) is 11.2 Å². The molecule has 2 amide bonds.